The van der Waals surface area contributed by atoms with Gasteiger partial charge in [-0.2, -0.15) is 0 Å². The van der Waals surface area contributed by atoms with E-state index >= 15 is 0 Å². The molecule has 174 valence electrons. The van der Waals surface area contributed by atoms with Gasteiger partial charge in [-0.1, -0.05) is 0 Å². The van der Waals surface area contributed by atoms with Gasteiger partial charge < -0.3 is 20.4 Å². The molecule has 10 heteroatoms. The second kappa shape index (κ2) is 7.29. The molecule has 5 atom stereocenters. The van der Waals surface area contributed by atoms with Gasteiger partial charge >= 0.3 is 0 Å². The van der Waals surface area contributed by atoms with E-state index in [-0.39, 0.29) is 29.7 Å². The number of hydrogen-bond acceptors (Lipinski definition) is 9. The summed E-state index contributed by atoms with van der Waals surface area (Å²) in [7, 11) is 0. The molecule has 34 heavy (non-hydrogen) atoms. The van der Waals surface area contributed by atoms with E-state index < -0.39 is 70.5 Å². The number of carbonyl (C=O) groups excluding carboxylic acids is 6. The van der Waals surface area contributed by atoms with Gasteiger partial charge in [-0.05, 0) is 42.5 Å². The largest absolute Gasteiger partial charge is 0.507 e. The van der Waals surface area contributed by atoms with Gasteiger partial charge in [0.05, 0.1) is 23.3 Å². The number of furan rings is 1. The number of ketones is 4. The summed E-state index contributed by atoms with van der Waals surface area (Å²) >= 11 is 0. The van der Waals surface area contributed by atoms with Crippen molar-refractivity contribution in [2.45, 2.75) is 24.9 Å². The Morgan fingerprint density at radius 1 is 1.12 bits per heavy atom. The average Bonchev–Trinajstić information content (AvgIpc) is 3.24. The van der Waals surface area contributed by atoms with Gasteiger partial charge in [0, 0.05) is 17.9 Å². The number of aromatic hydroxyl groups is 1. The number of nitrogens with two attached hydrogens (primary N) is 1. The number of phenols is 1. The van der Waals surface area contributed by atoms with Crippen LogP contribution in [0.4, 0.5) is 0 Å². The fourth-order valence-electron chi connectivity index (χ4n) is 5.81. The van der Waals surface area contributed by atoms with Crippen LogP contribution >= 0.6 is 0 Å². The first kappa shape index (κ1) is 21.9. The molecule has 3 aliphatic rings. The fraction of sp³-hybridized carbons (Fsp3) is 0.333. The molecule has 0 radical (unpaired) electrons. The number of amides is 1. The summed E-state index contributed by atoms with van der Waals surface area (Å²) in [4.78, 5) is 75.4. The van der Waals surface area contributed by atoms with Gasteiger partial charge in [-0.25, -0.2) is 0 Å². The van der Waals surface area contributed by atoms with Crippen molar-refractivity contribution >= 4 is 35.3 Å². The molecule has 2 fully saturated rings. The first-order valence-corrected chi connectivity index (χ1v) is 10.7. The van der Waals surface area contributed by atoms with E-state index in [1.165, 1.54) is 24.5 Å². The van der Waals surface area contributed by atoms with E-state index in [4.69, 9.17) is 10.2 Å². The van der Waals surface area contributed by atoms with Crippen molar-refractivity contribution in [3.05, 3.63) is 41.2 Å². The first-order valence-electron chi connectivity index (χ1n) is 10.7. The van der Waals surface area contributed by atoms with E-state index in [0.29, 0.717) is 17.4 Å². The highest BCUT2D eigenvalue weighted by Crippen LogP contribution is 2.51. The Hall–Kier alpha value is -3.92. The third-order valence-corrected chi connectivity index (χ3v) is 7.35. The molecule has 3 aliphatic carbocycles. The van der Waals surface area contributed by atoms with Crippen LogP contribution in [0.2, 0.25) is 0 Å². The van der Waals surface area contributed by atoms with Crippen LogP contribution in [0.5, 0.6) is 5.75 Å². The highest BCUT2D eigenvalue weighted by molar-refractivity contribution is 6.31. The highest BCUT2D eigenvalue weighted by Gasteiger charge is 2.66. The Balaban J connectivity index is 1.63. The van der Waals surface area contributed by atoms with Crippen LogP contribution in [0.15, 0.2) is 28.9 Å². The lowest BCUT2D eigenvalue weighted by Gasteiger charge is -2.48. The molecule has 0 aliphatic heterocycles. The monoisotopic (exact) mass is 465 g/mol. The number of fused-ring (bicyclic) bond motifs is 3. The maximum atomic E-state index is 13.5. The number of hydrogen-bond donors (Lipinski definition) is 3. The van der Waals surface area contributed by atoms with Crippen molar-refractivity contribution in [1.82, 2.24) is 0 Å². The topological polar surface area (TPSA) is 182 Å². The van der Waals surface area contributed by atoms with Crippen LogP contribution in [-0.4, -0.2) is 51.1 Å². The Morgan fingerprint density at radius 2 is 1.85 bits per heavy atom. The van der Waals surface area contributed by atoms with Crippen molar-refractivity contribution in [3.63, 3.8) is 0 Å². The molecule has 1 aromatic carbocycles. The number of benzene rings is 1. The zero-order valence-corrected chi connectivity index (χ0v) is 17.6. The van der Waals surface area contributed by atoms with Gasteiger partial charge in [0.2, 0.25) is 5.91 Å². The van der Waals surface area contributed by atoms with Crippen molar-refractivity contribution in [1.29, 1.82) is 0 Å². The van der Waals surface area contributed by atoms with Crippen molar-refractivity contribution in [3.8, 4) is 17.1 Å². The number of aliphatic hydroxyl groups is 1. The average molecular weight is 465 g/mol. The molecule has 1 aromatic heterocycles. The molecular weight excluding hydrogens is 446 g/mol. The summed E-state index contributed by atoms with van der Waals surface area (Å²) in [6, 6.07) is 4.19. The first-order chi connectivity index (χ1) is 16.1. The summed E-state index contributed by atoms with van der Waals surface area (Å²) in [5.74, 6) is -10.6. The molecule has 0 bridgehead atoms. The molecule has 2 unspecified atom stereocenters. The maximum Gasteiger partial charge on any atom is 0.235 e. The number of primary amides is 1. The maximum absolute atomic E-state index is 13.5. The molecular formula is C24H19NO9. The minimum absolute atomic E-state index is 0.0190. The summed E-state index contributed by atoms with van der Waals surface area (Å²) in [5, 5.41) is 21.7. The minimum Gasteiger partial charge on any atom is -0.507 e. The molecule has 0 spiro atoms. The quantitative estimate of drug-likeness (QED) is 0.427. The molecule has 2 saturated carbocycles. The number of phenolic OH excluding ortho intramolecular Hbond substituents is 1. The Kier molecular flexibility index (Phi) is 4.70. The second-order valence-corrected chi connectivity index (χ2v) is 9.05. The lowest BCUT2D eigenvalue weighted by atomic mass is 9.53. The van der Waals surface area contributed by atoms with Crippen LogP contribution in [0, 0.1) is 23.7 Å². The molecule has 5 rings (SSSR count). The molecule has 10 nitrogen and oxygen atoms in total. The number of aldehydes is 1. The zero-order valence-electron chi connectivity index (χ0n) is 17.6. The lowest BCUT2D eigenvalue weighted by Crippen LogP contribution is -2.68. The molecule has 1 heterocycles. The Morgan fingerprint density at radius 3 is 2.53 bits per heavy atom. The Labute approximate surface area is 191 Å². The molecule has 1 amide bonds. The van der Waals surface area contributed by atoms with Crippen LogP contribution in [-0.2, 0) is 25.6 Å². The van der Waals surface area contributed by atoms with Crippen LogP contribution in [0.3, 0.4) is 0 Å². The van der Waals surface area contributed by atoms with E-state index in [0.717, 1.165) is 0 Å². The smallest absolute Gasteiger partial charge is 0.235 e. The van der Waals surface area contributed by atoms with Gasteiger partial charge in [0.1, 0.15) is 11.5 Å². The van der Waals surface area contributed by atoms with Gasteiger partial charge in [0.15, 0.2) is 40.9 Å². The van der Waals surface area contributed by atoms with E-state index in [1.54, 1.807) is 0 Å². The standard InChI is InChI=1S/C24H19NO9/c25-23(32)18-15(28)7-11-5-10-6-13-12(20-9(8-26)3-4-34-20)1-2-14(27)17(13)19(29)16(10)21(30)24(11,33)22(18)31/h1-4,8,10-11,16,18,27,33H,5-7H2,(H2,25,32)/t10-,11+,16?,18?,24+/m1/s1. The lowest BCUT2D eigenvalue weighted by molar-refractivity contribution is -0.175. The van der Waals surface area contributed by atoms with Crippen molar-refractivity contribution in [2.75, 3.05) is 0 Å². The fourth-order valence-corrected chi connectivity index (χ4v) is 5.81. The third-order valence-electron chi connectivity index (χ3n) is 7.35. The number of carbonyl (C=O) groups is 6. The SMILES string of the molecule is NC(=O)C1C(=O)C[C@@H]2C[C@@H]3Cc4c(-c5occc5C=O)ccc(O)c4C(=O)C3C(=O)[C@]2(O)C1=O. The number of rotatable bonds is 3. The number of Topliss-reactive ketones (excluding diaryl/α,β-unsaturated/α-hetero) is 4. The predicted molar refractivity (Wildman–Crippen MR) is 112 cm³/mol. The molecule has 0 saturated heterocycles. The van der Waals surface area contributed by atoms with Gasteiger partial charge in [0.25, 0.3) is 0 Å². The summed E-state index contributed by atoms with van der Waals surface area (Å²) in [6.07, 6.45) is 1.56. The predicted octanol–water partition coefficient (Wildman–Crippen LogP) is 0.399. The molecule has 4 N–H and O–H groups in total. The van der Waals surface area contributed by atoms with Crippen molar-refractivity contribution in [2.24, 2.45) is 29.4 Å². The van der Waals surface area contributed by atoms with E-state index in [9.17, 15) is 39.0 Å². The van der Waals surface area contributed by atoms with Crippen LogP contribution in [0.25, 0.3) is 11.3 Å². The molecule has 2 aromatic rings. The summed E-state index contributed by atoms with van der Waals surface area (Å²) in [5.41, 5.74) is 3.31. The van der Waals surface area contributed by atoms with Crippen LogP contribution < -0.4 is 5.73 Å². The normalized spacial score (nSPS) is 30.4. The highest BCUT2D eigenvalue weighted by atomic mass is 16.3. The summed E-state index contributed by atoms with van der Waals surface area (Å²) in [6.45, 7) is 0. The summed E-state index contributed by atoms with van der Waals surface area (Å²) < 4.78 is 5.44. The minimum atomic E-state index is -2.69. The third kappa shape index (κ3) is 2.72. The zero-order chi connectivity index (χ0) is 24.5. The van der Waals surface area contributed by atoms with Crippen LogP contribution in [0.1, 0.15) is 39.1 Å². The Bertz CT molecular complexity index is 1320. The van der Waals surface area contributed by atoms with Gasteiger partial charge in [-0.3, -0.25) is 28.8 Å². The van der Waals surface area contributed by atoms with E-state index in [2.05, 4.69) is 0 Å². The second-order valence-electron chi connectivity index (χ2n) is 9.05. The van der Waals surface area contributed by atoms with Crippen molar-refractivity contribution < 1.29 is 43.4 Å². The van der Waals surface area contributed by atoms with E-state index in [1.807, 2.05) is 0 Å². The van der Waals surface area contributed by atoms with Gasteiger partial charge in [-0.15, -0.1) is 0 Å².